The molecular formula is C16H26N2O. The minimum atomic E-state index is 0.545. The third kappa shape index (κ3) is 3.03. The first kappa shape index (κ1) is 14.2. The fourth-order valence-electron chi connectivity index (χ4n) is 3.05. The third-order valence-electron chi connectivity index (χ3n) is 4.40. The monoisotopic (exact) mass is 262 g/mol. The van der Waals surface area contributed by atoms with Crippen molar-refractivity contribution in [3.63, 3.8) is 0 Å². The van der Waals surface area contributed by atoms with Crippen molar-refractivity contribution in [2.24, 2.45) is 5.92 Å². The van der Waals surface area contributed by atoms with Crippen molar-refractivity contribution in [1.82, 2.24) is 5.32 Å². The largest absolute Gasteiger partial charge is 0.494 e. The van der Waals surface area contributed by atoms with Crippen LogP contribution in [0.15, 0.2) is 24.3 Å². The summed E-state index contributed by atoms with van der Waals surface area (Å²) < 4.78 is 5.60. The average Bonchev–Trinajstić information content (AvgIpc) is 2.42. The highest BCUT2D eigenvalue weighted by Gasteiger charge is 2.31. The molecule has 3 nitrogen and oxygen atoms in total. The Kier molecular flexibility index (Phi) is 4.70. The second-order valence-corrected chi connectivity index (χ2v) is 5.41. The number of hydrogen-bond acceptors (Lipinski definition) is 3. The topological polar surface area (TPSA) is 24.5 Å². The number of ether oxygens (including phenoxy) is 1. The van der Waals surface area contributed by atoms with Crippen molar-refractivity contribution in [3.8, 4) is 5.75 Å². The van der Waals surface area contributed by atoms with Crippen molar-refractivity contribution in [1.29, 1.82) is 0 Å². The van der Waals surface area contributed by atoms with Gasteiger partial charge in [0.05, 0.1) is 6.61 Å². The van der Waals surface area contributed by atoms with Gasteiger partial charge in [-0.2, -0.15) is 0 Å². The number of anilines is 1. The molecule has 1 aromatic carbocycles. The summed E-state index contributed by atoms with van der Waals surface area (Å²) in [6.45, 7) is 8.51. The lowest BCUT2D eigenvalue weighted by Gasteiger charge is -2.44. The summed E-state index contributed by atoms with van der Waals surface area (Å²) in [6, 6.07) is 9.63. The summed E-state index contributed by atoms with van der Waals surface area (Å²) in [5, 5.41) is 3.44. The van der Waals surface area contributed by atoms with Crippen LogP contribution in [0.3, 0.4) is 0 Å². The normalized spacial score (nSPS) is 27.4. The highest BCUT2D eigenvalue weighted by atomic mass is 16.5. The minimum absolute atomic E-state index is 0.545. The summed E-state index contributed by atoms with van der Waals surface area (Å²) >= 11 is 0. The molecule has 19 heavy (non-hydrogen) atoms. The van der Waals surface area contributed by atoms with Gasteiger partial charge in [0.1, 0.15) is 5.75 Å². The number of nitrogens with one attached hydrogen (secondary N) is 1. The van der Waals surface area contributed by atoms with Crippen LogP contribution in [0.5, 0.6) is 5.75 Å². The quantitative estimate of drug-likeness (QED) is 0.903. The number of nitrogens with zero attached hydrogens (tertiary/aromatic N) is 1. The molecule has 0 amide bonds. The van der Waals surface area contributed by atoms with E-state index in [1.165, 1.54) is 12.1 Å². The second kappa shape index (κ2) is 6.29. The minimum Gasteiger partial charge on any atom is -0.494 e. The average molecular weight is 262 g/mol. The van der Waals surface area contributed by atoms with Gasteiger partial charge in [-0.05, 0) is 45.4 Å². The van der Waals surface area contributed by atoms with E-state index in [0.29, 0.717) is 18.0 Å². The summed E-state index contributed by atoms with van der Waals surface area (Å²) in [4.78, 5) is 2.50. The van der Waals surface area contributed by atoms with Crippen LogP contribution in [0.1, 0.15) is 27.2 Å². The maximum atomic E-state index is 5.60. The van der Waals surface area contributed by atoms with E-state index in [9.17, 15) is 0 Å². The van der Waals surface area contributed by atoms with Gasteiger partial charge in [-0.15, -0.1) is 0 Å². The van der Waals surface area contributed by atoms with E-state index in [4.69, 9.17) is 4.74 Å². The fraction of sp³-hybridized carbons (Fsp3) is 0.625. The molecule has 0 aliphatic carbocycles. The van der Waals surface area contributed by atoms with Crippen LogP contribution >= 0.6 is 0 Å². The maximum Gasteiger partial charge on any atom is 0.121 e. The molecule has 0 saturated carbocycles. The molecule has 0 bridgehead atoms. The van der Waals surface area contributed by atoms with E-state index in [1.807, 2.05) is 13.0 Å². The zero-order valence-corrected chi connectivity index (χ0v) is 12.5. The Labute approximate surface area is 116 Å². The Morgan fingerprint density at radius 2 is 2.16 bits per heavy atom. The van der Waals surface area contributed by atoms with Crippen molar-refractivity contribution < 1.29 is 4.74 Å². The van der Waals surface area contributed by atoms with E-state index in [1.54, 1.807) is 0 Å². The van der Waals surface area contributed by atoms with Gasteiger partial charge >= 0.3 is 0 Å². The highest BCUT2D eigenvalue weighted by Crippen LogP contribution is 2.30. The van der Waals surface area contributed by atoms with E-state index in [-0.39, 0.29) is 0 Å². The molecule has 1 saturated heterocycles. The summed E-state index contributed by atoms with van der Waals surface area (Å²) in [7, 11) is 2.07. The third-order valence-corrected chi connectivity index (χ3v) is 4.40. The lowest BCUT2D eigenvalue weighted by molar-refractivity contribution is 0.282. The number of rotatable bonds is 4. The standard InChI is InChI=1S/C16H26N2O/c1-5-19-15-8-6-7-14(11-15)18-10-9-16(17-4)12(2)13(18)3/h6-8,11-13,16-17H,5,9-10H2,1-4H3. The molecule has 2 rings (SSSR count). The molecule has 1 aliphatic rings. The van der Waals surface area contributed by atoms with Crippen molar-refractivity contribution in [2.75, 3.05) is 25.1 Å². The molecule has 0 spiro atoms. The van der Waals surface area contributed by atoms with E-state index in [0.717, 1.165) is 18.9 Å². The van der Waals surface area contributed by atoms with Crippen LogP contribution in [0.2, 0.25) is 0 Å². The summed E-state index contributed by atoms with van der Waals surface area (Å²) in [5.74, 6) is 1.62. The Morgan fingerprint density at radius 3 is 2.84 bits per heavy atom. The summed E-state index contributed by atoms with van der Waals surface area (Å²) in [6.07, 6.45) is 1.20. The molecule has 0 radical (unpaired) electrons. The number of hydrogen-bond donors (Lipinski definition) is 1. The Bertz CT molecular complexity index is 407. The van der Waals surface area contributed by atoms with Crippen LogP contribution in [0.4, 0.5) is 5.69 Å². The predicted molar refractivity (Wildman–Crippen MR) is 81.0 cm³/mol. The molecule has 1 fully saturated rings. The lowest BCUT2D eigenvalue weighted by Crippen LogP contribution is -2.52. The van der Waals surface area contributed by atoms with Gasteiger partial charge in [0, 0.05) is 30.4 Å². The smallest absolute Gasteiger partial charge is 0.121 e. The Morgan fingerprint density at radius 1 is 1.37 bits per heavy atom. The van der Waals surface area contributed by atoms with Crippen LogP contribution < -0.4 is 15.0 Å². The van der Waals surface area contributed by atoms with Gasteiger partial charge in [-0.1, -0.05) is 13.0 Å². The molecule has 106 valence electrons. The first-order chi connectivity index (χ1) is 9.17. The fourth-order valence-corrected chi connectivity index (χ4v) is 3.05. The molecule has 1 N–H and O–H groups in total. The zero-order chi connectivity index (χ0) is 13.8. The predicted octanol–water partition coefficient (Wildman–Crippen LogP) is 2.91. The molecule has 1 aliphatic heterocycles. The molecule has 1 heterocycles. The van der Waals surface area contributed by atoms with E-state index >= 15 is 0 Å². The van der Waals surface area contributed by atoms with E-state index < -0.39 is 0 Å². The van der Waals surface area contributed by atoms with Crippen LogP contribution in [-0.2, 0) is 0 Å². The highest BCUT2D eigenvalue weighted by molar-refractivity contribution is 5.52. The molecule has 3 unspecified atom stereocenters. The van der Waals surface area contributed by atoms with E-state index in [2.05, 4.69) is 49.3 Å². The summed E-state index contributed by atoms with van der Waals surface area (Å²) in [5.41, 5.74) is 1.28. The molecule has 1 aromatic rings. The molecule has 3 atom stereocenters. The van der Waals surface area contributed by atoms with Gasteiger partial charge in [0.2, 0.25) is 0 Å². The van der Waals surface area contributed by atoms with Crippen LogP contribution in [0, 0.1) is 5.92 Å². The zero-order valence-electron chi connectivity index (χ0n) is 12.5. The molecule has 3 heteroatoms. The van der Waals surface area contributed by atoms with Gasteiger partial charge in [0.25, 0.3) is 0 Å². The van der Waals surface area contributed by atoms with Crippen LogP contribution in [-0.4, -0.2) is 32.3 Å². The van der Waals surface area contributed by atoms with Gasteiger partial charge in [0.15, 0.2) is 0 Å². The second-order valence-electron chi connectivity index (χ2n) is 5.41. The Balaban J connectivity index is 2.15. The first-order valence-electron chi connectivity index (χ1n) is 7.34. The maximum absolute atomic E-state index is 5.60. The first-order valence-corrected chi connectivity index (χ1v) is 7.34. The van der Waals surface area contributed by atoms with Crippen molar-refractivity contribution in [3.05, 3.63) is 24.3 Å². The SMILES string of the molecule is CCOc1cccc(N2CCC(NC)C(C)C2C)c1. The van der Waals surface area contributed by atoms with Gasteiger partial charge < -0.3 is 15.0 Å². The lowest BCUT2D eigenvalue weighted by atomic mass is 9.87. The molecular weight excluding hydrogens is 236 g/mol. The number of benzene rings is 1. The van der Waals surface area contributed by atoms with Crippen molar-refractivity contribution in [2.45, 2.75) is 39.3 Å². The molecule has 0 aromatic heterocycles. The van der Waals surface area contributed by atoms with Crippen LogP contribution in [0.25, 0.3) is 0 Å². The van der Waals surface area contributed by atoms with Gasteiger partial charge in [-0.3, -0.25) is 0 Å². The Hall–Kier alpha value is -1.22. The van der Waals surface area contributed by atoms with Gasteiger partial charge in [-0.25, -0.2) is 0 Å². The van der Waals surface area contributed by atoms with Crippen molar-refractivity contribution >= 4 is 5.69 Å². The number of piperidine rings is 1.